The van der Waals surface area contributed by atoms with Crippen molar-refractivity contribution in [2.45, 2.75) is 45.1 Å². The van der Waals surface area contributed by atoms with E-state index in [1.807, 2.05) is 47.5 Å². The Bertz CT molecular complexity index is 889. The Morgan fingerprint density at radius 2 is 1.88 bits per heavy atom. The SMILES string of the molecule is CCCCC(=O)N1CCC(Oc2ccc(NC(=O)C3CN(c4cccnc4)C3)cc2)CC1. The van der Waals surface area contributed by atoms with E-state index in [2.05, 4.69) is 22.1 Å². The first-order valence-corrected chi connectivity index (χ1v) is 11.6. The van der Waals surface area contributed by atoms with Crippen molar-refractivity contribution in [2.24, 2.45) is 5.92 Å². The number of nitrogens with one attached hydrogen (secondary N) is 1. The lowest BCUT2D eigenvalue weighted by molar-refractivity contribution is -0.133. The normalized spacial score (nSPS) is 17.0. The average Bonchev–Trinajstić information content (AvgIpc) is 2.79. The third kappa shape index (κ3) is 5.58. The largest absolute Gasteiger partial charge is 0.490 e. The lowest BCUT2D eigenvalue weighted by atomic mass is 9.98. The molecule has 0 atom stereocenters. The van der Waals surface area contributed by atoms with Gasteiger partial charge >= 0.3 is 0 Å². The van der Waals surface area contributed by atoms with Crippen molar-refractivity contribution < 1.29 is 14.3 Å². The van der Waals surface area contributed by atoms with Gasteiger partial charge in [0.15, 0.2) is 0 Å². The van der Waals surface area contributed by atoms with Gasteiger partial charge in [0.2, 0.25) is 11.8 Å². The van der Waals surface area contributed by atoms with Crippen molar-refractivity contribution in [1.29, 1.82) is 0 Å². The lowest BCUT2D eigenvalue weighted by Gasteiger charge is -2.39. The summed E-state index contributed by atoms with van der Waals surface area (Å²) in [5.41, 5.74) is 1.83. The van der Waals surface area contributed by atoms with Gasteiger partial charge < -0.3 is 19.9 Å². The molecular weight excluding hydrogens is 404 g/mol. The number of hydrogen-bond acceptors (Lipinski definition) is 5. The fourth-order valence-corrected chi connectivity index (χ4v) is 4.16. The van der Waals surface area contributed by atoms with Crippen LogP contribution in [0.1, 0.15) is 39.0 Å². The summed E-state index contributed by atoms with van der Waals surface area (Å²) < 4.78 is 6.10. The molecule has 0 bridgehead atoms. The maximum absolute atomic E-state index is 12.5. The Kier molecular flexibility index (Phi) is 7.24. The molecule has 2 aromatic rings. The second-order valence-corrected chi connectivity index (χ2v) is 8.63. The number of aromatic nitrogens is 1. The van der Waals surface area contributed by atoms with Crippen LogP contribution in [0.5, 0.6) is 5.75 Å². The van der Waals surface area contributed by atoms with Crippen LogP contribution in [0.15, 0.2) is 48.8 Å². The van der Waals surface area contributed by atoms with Crippen LogP contribution >= 0.6 is 0 Å². The predicted octanol–water partition coefficient (Wildman–Crippen LogP) is 3.72. The molecule has 170 valence electrons. The number of pyridine rings is 1. The fourth-order valence-electron chi connectivity index (χ4n) is 4.16. The molecule has 1 aromatic carbocycles. The van der Waals surface area contributed by atoms with Gasteiger partial charge in [0.05, 0.1) is 17.8 Å². The van der Waals surface area contributed by atoms with Crippen LogP contribution in [-0.4, -0.2) is 54.0 Å². The third-order valence-electron chi connectivity index (χ3n) is 6.23. The number of carbonyl (C=O) groups excluding carboxylic acids is 2. The summed E-state index contributed by atoms with van der Waals surface area (Å²) in [7, 11) is 0. The Hall–Kier alpha value is -3.09. The minimum Gasteiger partial charge on any atom is -0.490 e. The number of hydrogen-bond donors (Lipinski definition) is 1. The molecule has 7 nitrogen and oxygen atoms in total. The molecule has 2 aliphatic heterocycles. The van der Waals surface area contributed by atoms with Crippen LogP contribution < -0.4 is 15.0 Å². The van der Waals surface area contributed by atoms with Gasteiger partial charge in [-0.15, -0.1) is 0 Å². The van der Waals surface area contributed by atoms with Gasteiger partial charge in [-0.05, 0) is 42.8 Å². The van der Waals surface area contributed by atoms with Crippen LogP contribution in [0, 0.1) is 5.92 Å². The fraction of sp³-hybridized carbons (Fsp3) is 0.480. The van der Waals surface area contributed by atoms with E-state index in [0.29, 0.717) is 19.5 Å². The van der Waals surface area contributed by atoms with E-state index >= 15 is 0 Å². The van der Waals surface area contributed by atoms with Crippen molar-refractivity contribution in [1.82, 2.24) is 9.88 Å². The molecule has 2 aliphatic rings. The number of amides is 2. The standard InChI is InChI=1S/C25H32N4O3/c1-2-3-6-24(30)28-14-11-23(12-15-28)32-22-9-7-20(8-10-22)27-25(31)19-17-29(18-19)21-5-4-13-26-16-21/h4-5,7-10,13,16,19,23H,2-3,6,11-12,14-15,17-18H2,1H3,(H,27,31). The van der Waals surface area contributed by atoms with Gasteiger partial charge in [-0.3, -0.25) is 14.6 Å². The highest BCUT2D eigenvalue weighted by Gasteiger charge is 2.33. The number of piperidine rings is 1. The molecule has 0 unspecified atom stereocenters. The van der Waals surface area contributed by atoms with E-state index in [0.717, 1.165) is 55.9 Å². The summed E-state index contributed by atoms with van der Waals surface area (Å²) in [6.07, 6.45) is 8.06. The van der Waals surface area contributed by atoms with E-state index in [9.17, 15) is 9.59 Å². The molecule has 0 spiro atoms. The minimum absolute atomic E-state index is 0.0173. The Balaban J connectivity index is 1.19. The first kappa shape index (κ1) is 22.1. The van der Waals surface area contributed by atoms with Crippen molar-refractivity contribution in [2.75, 3.05) is 36.4 Å². The summed E-state index contributed by atoms with van der Waals surface area (Å²) >= 11 is 0. The van der Waals surface area contributed by atoms with Crippen LogP contribution in [0.3, 0.4) is 0 Å². The van der Waals surface area contributed by atoms with Gasteiger partial charge in [0.25, 0.3) is 0 Å². The molecule has 0 radical (unpaired) electrons. The highest BCUT2D eigenvalue weighted by molar-refractivity contribution is 5.94. The van der Waals surface area contributed by atoms with Gasteiger partial charge in [-0.25, -0.2) is 0 Å². The van der Waals surface area contributed by atoms with Crippen LogP contribution in [0.4, 0.5) is 11.4 Å². The van der Waals surface area contributed by atoms with Crippen LogP contribution in [-0.2, 0) is 9.59 Å². The molecule has 7 heteroatoms. The molecule has 2 saturated heterocycles. The quantitative estimate of drug-likeness (QED) is 0.683. The number of unbranched alkanes of at least 4 members (excludes halogenated alkanes) is 1. The number of nitrogens with zero attached hydrogens (tertiary/aromatic N) is 3. The zero-order valence-electron chi connectivity index (χ0n) is 18.7. The van der Waals surface area contributed by atoms with Gasteiger partial charge in [-0.2, -0.15) is 0 Å². The van der Waals surface area contributed by atoms with Crippen molar-refractivity contribution >= 4 is 23.2 Å². The molecule has 2 amide bonds. The van der Waals surface area contributed by atoms with Gasteiger partial charge in [0, 0.05) is 57.3 Å². The van der Waals surface area contributed by atoms with E-state index in [-0.39, 0.29) is 23.8 Å². The van der Waals surface area contributed by atoms with Crippen LogP contribution in [0.2, 0.25) is 0 Å². The molecule has 1 aromatic heterocycles. The average molecular weight is 437 g/mol. The number of anilines is 2. The Morgan fingerprint density at radius 1 is 1.12 bits per heavy atom. The number of likely N-dealkylation sites (tertiary alicyclic amines) is 1. The highest BCUT2D eigenvalue weighted by atomic mass is 16.5. The minimum atomic E-state index is -0.0173. The van der Waals surface area contributed by atoms with Crippen molar-refractivity contribution in [3.63, 3.8) is 0 Å². The molecule has 0 aliphatic carbocycles. The summed E-state index contributed by atoms with van der Waals surface area (Å²) in [6.45, 7) is 5.04. The highest BCUT2D eigenvalue weighted by Crippen LogP contribution is 2.26. The second-order valence-electron chi connectivity index (χ2n) is 8.63. The second kappa shape index (κ2) is 10.5. The van der Waals surface area contributed by atoms with E-state index in [1.54, 1.807) is 6.20 Å². The molecule has 32 heavy (non-hydrogen) atoms. The zero-order chi connectivity index (χ0) is 22.3. The molecule has 0 saturated carbocycles. The molecular formula is C25H32N4O3. The maximum atomic E-state index is 12.5. The molecule has 2 fully saturated rings. The monoisotopic (exact) mass is 436 g/mol. The van der Waals surface area contributed by atoms with Crippen molar-refractivity contribution in [3.8, 4) is 5.75 Å². The van der Waals surface area contributed by atoms with Gasteiger partial charge in [-0.1, -0.05) is 13.3 Å². The predicted molar refractivity (Wildman–Crippen MR) is 125 cm³/mol. The lowest BCUT2D eigenvalue weighted by Crippen LogP contribution is -2.52. The Labute approximate surface area is 189 Å². The number of benzene rings is 1. The number of carbonyl (C=O) groups is 2. The van der Waals surface area contributed by atoms with E-state index < -0.39 is 0 Å². The third-order valence-corrected chi connectivity index (χ3v) is 6.23. The summed E-state index contributed by atoms with van der Waals surface area (Å²) in [4.78, 5) is 32.9. The summed E-state index contributed by atoms with van der Waals surface area (Å²) in [5.74, 6) is 1.08. The summed E-state index contributed by atoms with van der Waals surface area (Å²) in [6, 6.07) is 11.5. The number of ether oxygens (including phenoxy) is 1. The first-order chi connectivity index (χ1) is 15.6. The first-order valence-electron chi connectivity index (χ1n) is 11.6. The Morgan fingerprint density at radius 3 is 2.53 bits per heavy atom. The topological polar surface area (TPSA) is 74.8 Å². The van der Waals surface area contributed by atoms with Crippen LogP contribution in [0.25, 0.3) is 0 Å². The van der Waals surface area contributed by atoms with E-state index in [4.69, 9.17) is 4.74 Å². The number of rotatable bonds is 8. The summed E-state index contributed by atoms with van der Waals surface area (Å²) in [5, 5.41) is 3.00. The van der Waals surface area contributed by atoms with E-state index in [1.165, 1.54) is 0 Å². The van der Waals surface area contributed by atoms with Crippen molar-refractivity contribution in [3.05, 3.63) is 48.8 Å². The molecule has 1 N–H and O–H groups in total. The molecule has 3 heterocycles. The van der Waals surface area contributed by atoms with Gasteiger partial charge in [0.1, 0.15) is 11.9 Å². The maximum Gasteiger partial charge on any atom is 0.231 e. The smallest absolute Gasteiger partial charge is 0.231 e. The molecule has 4 rings (SSSR count). The zero-order valence-corrected chi connectivity index (χ0v) is 18.7.